The van der Waals surface area contributed by atoms with E-state index in [1.54, 1.807) is 0 Å². The summed E-state index contributed by atoms with van der Waals surface area (Å²) in [7, 11) is -3.68. The summed E-state index contributed by atoms with van der Waals surface area (Å²) in [6.45, 7) is 0.229. The molecule has 15 heavy (non-hydrogen) atoms. The second-order valence-electron chi connectivity index (χ2n) is 2.93. The summed E-state index contributed by atoms with van der Waals surface area (Å²) in [4.78, 5) is 10.2. The third-order valence-corrected chi connectivity index (χ3v) is 3.63. The molecule has 0 aromatic carbocycles. The lowest BCUT2D eigenvalue weighted by Crippen LogP contribution is -2.31. The van der Waals surface area contributed by atoms with E-state index in [1.165, 1.54) is 11.3 Å². The van der Waals surface area contributed by atoms with Crippen LogP contribution >= 0.6 is 11.3 Å². The maximum atomic E-state index is 11.1. The molecule has 1 aromatic heterocycles. The molecule has 84 valence electrons. The topological polar surface area (TPSA) is 83.5 Å². The quantitative estimate of drug-likeness (QED) is 0.759. The molecule has 2 N–H and O–H groups in total. The van der Waals surface area contributed by atoms with Gasteiger partial charge in [0.25, 0.3) is 0 Å². The highest BCUT2D eigenvalue weighted by Crippen LogP contribution is 2.05. The van der Waals surface area contributed by atoms with Crippen LogP contribution in [-0.4, -0.2) is 31.8 Å². The van der Waals surface area contributed by atoms with E-state index in [0.717, 1.165) is 5.56 Å². The molecule has 0 fully saturated rings. The van der Waals surface area contributed by atoms with Crippen molar-refractivity contribution in [2.75, 3.05) is 12.3 Å². The monoisotopic (exact) mass is 249 g/mol. The van der Waals surface area contributed by atoms with Gasteiger partial charge in [-0.3, -0.25) is 4.79 Å². The SMILES string of the molecule is O=C(O)CS(=O)(=O)NCCc1ccsc1. The molecule has 0 radical (unpaired) electrons. The van der Waals surface area contributed by atoms with Gasteiger partial charge in [-0.25, -0.2) is 13.1 Å². The van der Waals surface area contributed by atoms with Crippen molar-refractivity contribution >= 4 is 27.3 Å². The molecule has 1 heterocycles. The van der Waals surface area contributed by atoms with Crippen molar-refractivity contribution in [3.63, 3.8) is 0 Å². The van der Waals surface area contributed by atoms with Gasteiger partial charge in [0, 0.05) is 6.54 Å². The molecular formula is C8H11NO4S2. The summed E-state index contributed by atoms with van der Waals surface area (Å²) in [6, 6.07) is 1.90. The Bertz CT molecular complexity index is 410. The summed E-state index contributed by atoms with van der Waals surface area (Å²) in [5, 5.41) is 12.1. The van der Waals surface area contributed by atoms with E-state index in [1.807, 2.05) is 16.8 Å². The Morgan fingerprint density at radius 1 is 1.53 bits per heavy atom. The predicted molar refractivity (Wildman–Crippen MR) is 57.4 cm³/mol. The van der Waals surface area contributed by atoms with Gasteiger partial charge in [0.1, 0.15) is 0 Å². The van der Waals surface area contributed by atoms with Gasteiger partial charge >= 0.3 is 5.97 Å². The number of carboxylic acid groups (broad SMARTS) is 1. The largest absolute Gasteiger partial charge is 0.480 e. The summed E-state index contributed by atoms with van der Waals surface area (Å²) < 4.78 is 24.4. The van der Waals surface area contributed by atoms with Crippen LogP contribution in [0.1, 0.15) is 5.56 Å². The standard InChI is InChI=1S/C8H11NO4S2/c10-8(11)6-15(12,13)9-3-1-7-2-4-14-5-7/h2,4-5,9H,1,3,6H2,(H,10,11). The van der Waals surface area contributed by atoms with E-state index in [9.17, 15) is 13.2 Å². The number of hydrogen-bond acceptors (Lipinski definition) is 4. The van der Waals surface area contributed by atoms with Crippen molar-refractivity contribution in [1.82, 2.24) is 4.72 Å². The van der Waals surface area contributed by atoms with Gasteiger partial charge in [-0.1, -0.05) is 0 Å². The van der Waals surface area contributed by atoms with Crippen LogP contribution in [0, 0.1) is 0 Å². The number of sulfonamides is 1. The third kappa shape index (κ3) is 4.91. The molecule has 0 atom stereocenters. The zero-order chi connectivity index (χ0) is 11.3. The Morgan fingerprint density at radius 2 is 2.27 bits per heavy atom. The van der Waals surface area contributed by atoms with E-state index in [-0.39, 0.29) is 6.54 Å². The minimum Gasteiger partial charge on any atom is -0.480 e. The number of aliphatic carboxylic acids is 1. The molecule has 0 saturated heterocycles. The molecule has 0 aliphatic carbocycles. The zero-order valence-corrected chi connectivity index (χ0v) is 9.47. The minimum atomic E-state index is -3.68. The fourth-order valence-electron chi connectivity index (χ4n) is 0.999. The maximum Gasteiger partial charge on any atom is 0.320 e. The molecular weight excluding hydrogens is 238 g/mol. The summed E-state index contributed by atoms with van der Waals surface area (Å²) in [5.41, 5.74) is 1.04. The van der Waals surface area contributed by atoms with E-state index >= 15 is 0 Å². The first-order chi connectivity index (χ1) is 6.99. The fraction of sp³-hybridized carbons (Fsp3) is 0.375. The summed E-state index contributed by atoms with van der Waals surface area (Å²) >= 11 is 1.54. The molecule has 5 nitrogen and oxygen atoms in total. The van der Waals surface area contributed by atoms with Crippen molar-refractivity contribution < 1.29 is 18.3 Å². The number of carbonyl (C=O) groups is 1. The van der Waals surface area contributed by atoms with E-state index in [0.29, 0.717) is 6.42 Å². The molecule has 0 spiro atoms. The normalized spacial score (nSPS) is 11.5. The summed E-state index contributed by atoms with van der Waals surface area (Å²) in [6.07, 6.45) is 0.572. The van der Waals surface area contributed by atoms with Gasteiger partial charge in [-0.15, -0.1) is 0 Å². The smallest absolute Gasteiger partial charge is 0.320 e. The van der Waals surface area contributed by atoms with Crippen LogP contribution in [0.5, 0.6) is 0 Å². The zero-order valence-electron chi connectivity index (χ0n) is 7.84. The highest BCUT2D eigenvalue weighted by molar-refractivity contribution is 7.90. The lowest BCUT2D eigenvalue weighted by atomic mass is 10.2. The fourth-order valence-corrected chi connectivity index (χ4v) is 2.54. The van der Waals surface area contributed by atoms with Crippen molar-refractivity contribution in [2.45, 2.75) is 6.42 Å². The van der Waals surface area contributed by atoms with Crippen molar-refractivity contribution in [1.29, 1.82) is 0 Å². The van der Waals surface area contributed by atoms with Gasteiger partial charge in [0.05, 0.1) is 0 Å². The first kappa shape index (κ1) is 12.2. The molecule has 0 aliphatic rings. The van der Waals surface area contributed by atoms with Gasteiger partial charge in [-0.2, -0.15) is 11.3 Å². The van der Waals surface area contributed by atoms with Crippen LogP contribution in [-0.2, 0) is 21.2 Å². The van der Waals surface area contributed by atoms with Crippen LogP contribution in [0.15, 0.2) is 16.8 Å². The lowest BCUT2D eigenvalue weighted by Gasteiger charge is -2.02. The van der Waals surface area contributed by atoms with E-state index in [2.05, 4.69) is 4.72 Å². The Morgan fingerprint density at radius 3 is 2.80 bits per heavy atom. The number of thiophene rings is 1. The molecule has 0 aliphatic heterocycles. The maximum absolute atomic E-state index is 11.1. The van der Waals surface area contributed by atoms with Crippen molar-refractivity contribution in [3.05, 3.63) is 22.4 Å². The van der Waals surface area contributed by atoms with Crippen molar-refractivity contribution in [2.24, 2.45) is 0 Å². The second kappa shape index (κ2) is 5.24. The Balaban J connectivity index is 2.34. The Hall–Kier alpha value is -0.920. The molecule has 0 saturated carbocycles. The highest BCUT2D eigenvalue weighted by Gasteiger charge is 2.14. The van der Waals surface area contributed by atoms with Crippen molar-refractivity contribution in [3.8, 4) is 0 Å². The Labute approximate surface area is 91.8 Å². The molecule has 0 bridgehead atoms. The number of nitrogens with one attached hydrogen (secondary N) is 1. The first-order valence-corrected chi connectivity index (χ1v) is 6.79. The average Bonchev–Trinajstić information content (AvgIpc) is 2.53. The number of rotatable bonds is 6. The lowest BCUT2D eigenvalue weighted by molar-refractivity contribution is -0.134. The van der Waals surface area contributed by atoms with Crippen LogP contribution < -0.4 is 4.72 Å². The average molecular weight is 249 g/mol. The summed E-state index contributed by atoms with van der Waals surface area (Å²) in [5.74, 6) is -2.23. The second-order valence-corrected chi connectivity index (χ2v) is 5.52. The van der Waals surface area contributed by atoms with Crippen LogP contribution in [0.3, 0.4) is 0 Å². The number of carboxylic acids is 1. The van der Waals surface area contributed by atoms with Gasteiger partial charge in [0.2, 0.25) is 10.0 Å². The third-order valence-electron chi connectivity index (χ3n) is 1.63. The van der Waals surface area contributed by atoms with Crippen LogP contribution in [0.25, 0.3) is 0 Å². The Kier molecular flexibility index (Phi) is 4.25. The van der Waals surface area contributed by atoms with Crippen LogP contribution in [0.4, 0.5) is 0 Å². The minimum absolute atomic E-state index is 0.229. The first-order valence-electron chi connectivity index (χ1n) is 4.20. The highest BCUT2D eigenvalue weighted by atomic mass is 32.2. The van der Waals surface area contributed by atoms with E-state index in [4.69, 9.17) is 5.11 Å². The van der Waals surface area contributed by atoms with E-state index < -0.39 is 21.7 Å². The predicted octanol–water partition coefficient (Wildman–Crippen LogP) is 0.295. The molecule has 1 rings (SSSR count). The molecule has 7 heteroatoms. The molecule has 0 unspecified atom stereocenters. The number of hydrogen-bond donors (Lipinski definition) is 2. The molecule has 0 amide bonds. The molecule has 1 aromatic rings. The van der Waals surface area contributed by atoms with Crippen LogP contribution in [0.2, 0.25) is 0 Å². The van der Waals surface area contributed by atoms with Gasteiger partial charge < -0.3 is 5.11 Å². The van der Waals surface area contributed by atoms with Gasteiger partial charge in [-0.05, 0) is 28.8 Å². The van der Waals surface area contributed by atoms with Gasteiger partial charge in [0.15, 0.2) is 5.75 Å².